The second-order valence-corrected chi connectivity index (χ2v) is 21.0. The third-order valence-corrected chi connectivity index (χ3v) is 15.6. The van der Waals surface area contributed by atoms with Crippen molar-refractivity contribution in [3.8, 4) is 0 Å². The third kappa shape index (κ3) is 11.3. The summed E-state index contributed by atoms with van der Waals surface area (Å²) in [6.07, 6.45) is -10.7. The number of methoxy groups -OCH3 is 1. The fraction of sp³-hybridized carbons (Fsp3) is 0.841. The van der Waals surface area contributed by atoms with Crippen LogP contribution in [0.3, 0.4) is 0 Å². The molecule has 0 bridgehead atoms. The molecule has 1 aromatic rings. The van der Waals surface area contributed by atoms with E-state index < -0.39 is 118 Å². The van der Waals surface area contributed by atoms with Gasteiger partial charge in [-0.15, -0.1) is 0 Å². The molecule has 61 heavy (non-hydrogen) atoms. The van der Waals surface area contributed by atoms with Gasteiger partial charge in [0.1, 0.15) is 30.0 Å². The molecule has 18 atom stereocenters. The zero-order chi connectivity index (χ0) is 46.2. The van der Waals surface area contributed by atoms with Crippen LogP contribution in [0.25, 0.3) is 0 Å². The number of hydrogen-bond acceptors (Lipinski definition) is 15. The average Bonchev–Trinajstić information content (AvgIpc) is 3.18. The molecule has 17 heteroatoms. The molecule has 0 aromatic heterocycles. The number of aliphatic hydroxyl groups excluding tert-OH is 3. The third-order valence-electron chi connectivity index (χ3n) is 13.7. The highest BCUT2D eigenvalue weighted by Gasteiger charge is 2.53. The Morgan fingerprint density at radius 1 is 0.934 bits per heavy atom. The van der Waals surface area contributed by atoms with E-state index in [9.17, 15) is 38.7 Å². The van der Waals surface area contributed by atoms with Crippen LogP contribution < -0.4 is 0 Å². The number of hydrogen-bond donors (Lipinski definition) is 5. The number of carbonyl (C=O) groups is 1. The lowest BCUT2D eigenvalue weighted by Gasteiger charge is -2.48. The molecule has 3 fully saturated rings. The number of ether oxygens (including phenoxy) is 6. The van der Waals surface area contributed by atoms with Gasteiger partial charge < -0.3 is 58.9 Å². The Bertz CT molecular complexity index is 1700. The largest absolute Gasteiger partial charge is 0.459 e. The molecular weight excluding hydrogens is 813 g/mol. The van der Waals surface area contributed by atoms with E-state index in [0.29, 0.717) is 6.54 Å². The Labute approximate surface area is 363 Å². The lowest BCUT2D eigenvalue weighted by atomic mass is 9.77. The van der Waals surface area contributed by atoms with E-state index in [0.717, 1.165) is 9.87 Å². The van der Waals surface area contributed by atoms with Crippen LogP contribution in [0.5, 0.6) is 0 Å². The van der Waals surface area contributed by atoms with Gasteiger partial charge in [-0.05, 0) is 99.8 Å². The van der Waals surface area contributed by atoms with Crippen LogP contribution >= 0.6 is 0 Å². The van der Waals surface area contributed by atoms with Crippen molar-refractivity contribution in [1.29, 1.82) is 0 Å². The quantitative estimate of drug-likeness (QED) is 0.226. The van der Waals surface area contributed by atoms with E-state index in [1.165, 1.54) is 33.2 Å². The summed E-state index contributed by atoms with van der Waals surface area (Å²) in [5.74, 6) is -3.03. The zero-order valence-electron chi connectivity index (χ0n) is 38.7. The summed E-state index contributed by atoms with van der Waals surface area (Å²) in [6, 6.07) is 4.84. The van der Waals surface area contributed by atoms with Gasteiger partial charge in [-0.1, -0.05) is 38.5 Å². The molecule has 5 N–H and O–H groups in total. The Hall–Kier alpha value is -1.84. The van der Waals surface area contributed by atoms with Crippen LogP contribution in [0.4, 0.5) is 0 Å². The van der Waals surface area contributed by atoms with Crippen molar-refractivity contribution >= 4 is 16.0 Å². The van der Waals surface area contributed by atoms with E-state index in [1.54, 1.807) is 74.6 Å². The fourth-order valence-corrected chi connectivity index (χ4v) is 11.0. The zero-order valence-corrected chi connectivity index (χ0v) is 39.5. The van der Waals surface area contributed by atoms with Crippen molar-refractivity contribution in [2.45, 2.75) is 197 Å². The first kappa shape index (κ1) is 51.8. The van der Waals surface area contributed by atoms with E-state index >= 15 is 0 Å². The maximum absolute atomic E-state index is 14.4. The average molecular weight is 889 g/mol. The Balaban J connectivity index is 1.83. The molecule has 0 spiro atoms. The number of esters is 1. The monoisotopic (exact) mass is 889 g/mol. The molecule has 352 valence electrons. The molecule has 0 radical (unpaired) electrons. The number of aryl methyl sites for hydroxylation is 1. The molecule has 0 aliphatic carbocycles. The summed E-state index contributed by atoms with van der Waals surface area (Å²) >= 11 is 0. The number of nitrogens with zero attached hydrogens (tertiary/aromatic N) is 2. The number of aliphatic hydroxyl groups is 5. The summed E-state index contributed by atoms with van der Waals surface area (Å²) in [5.41, 5.74) is -3.78. The number of carbonyl (C=O) groups excluding carboxylic acids is 1. The number of sulfonamides is 1. The molecule has 16 nitrogen and oxygen atoms in total. The summed E-state index contributed by atoms with van der Waals surface area (Å²) in [5, 5.41) is 59.1. The van der Waals surface area contributed by atoms with Crippen molar-refractivity contribution in [2.24, 2.45) is 17.8 Å². The molecule has 3 saturated heterocycles. The highest BCUT2D eigenvalue weighted by molar-refractivity contribution is 7.89. The number of likely N-dealkylation sites (N-methyl/N-ethyl adjacent to an activating group) is 2. The highest BCUT2D eigenvalue weighted by atomic mass is 32.2. The van der Waals surface area contributed by atoms with Crippen LogP contribution in [0.1, 0.15) is 100 Å². The van der Waals surface area contributed by atoms with Crippen LogP contribution in [0, 0.1) is 24.7 Å². The molecule has 4 rings (SSSR count). The second kappa shape index (κ2) is 20.1. The molecule has 3 aliphatic heterocycles. The lowest BCUT2D eigenvalue weighted by molar-refractivity contribution is -0.317. The number of benzene rings is 1. The molecule has 1 aromatic carbocycles. The van der Waals surface area contributed by atoms with Crippen LogP contribution in [0.2, 0.25) is 0 Å². The smallest absolute Gasteiger partial charge is 0.311 e. The Morgan fingerprint density at radius 2 is 1.54 bits per heavy atom. The first-order valence-electron chi connectivity index (χ1n) is 21.7. The minimum Gasteiger partial charge on any atom is -0.459 e. The van der Waals surface area contributed by atoms with Gasteiger partial charge in [0.05, 0.1) is 52.5 Å². The van der Waals surface area contributed by atoms with Crippen molar-refractivity contribution in [1.82, 2.24) is 9.21 Å². The normalized spacial score (nSPS) is 44.3. The summed E-state index contributed by atoms with van der Waals surface area (Å²) in [7, 11) is 0.609. The molecule has 3 aliphatic rings. The molecule has 3 heterocycles. The van der Waals surface area contributed by atoms with Crippen molar-refractivity contribution in [3.63, 3.8) is 0 Å². The van der Waals surface area contributed by atoms with Gasteiger partial charge in [-0.2, -0.15) is 4.31 Å². The van der Waals surface area contributed by atoms with Gasteiger partial charge in [0, 0.05) is 39.1 Å². The van der Waals surface area contributed by atoms with Crippen molar-refractivity contribution in [2.75, 3.05) is 27.7 Å². The first-order valence-corrected chi connectivity index (χ1v) is 23.2. The fourth-order valence-electron chi connectivity index (χ4n) is 9.64. The van der Waals surface area contributed by atoms with Gasteiger partial charge in [0.15, 0.2) is 12.6 Å². The van der Waals surface area contributed by atoms with Gasteiger partial charge in [-0.25, -0.2) is 8.42 Å². The van der Waals surface area contributed by atoms with E-state index in [-0.39, 0.29) is 36.5 Å². The SMILES string of the molecule is CC[C@H]1OC(=O)[C@H](C)[C@@H](O[C@H]2C[C@@](C)(OC)[C@@H](O)[C@H](C)O2)C(C)[C@@H](O[C@@H]2O[C@H](C)C[C@H](N(C)S(=O)(=O)c3ccc(C)cc3)[C@H]2O)[C@](C)(O)C[C@@H](C)CN(C)[C@H](C)[C@@H](O)[C@]1(C)O. The van der Waals surface area contributed by atoms with Gasteiger partial charge >= 0.3 is 5.97 Å². The predicted molar refractivity (Wildman–Crippen MR) is 227 cm³/mol. The van der Waals surface area contributed by atoms with Crippen LogP contribution in [-0.2, 0) is 43.2 Å². The molecule has 1 unspecified atom stereocenters. The highest BCUT2D eigenvalue weighted by Crippen LogP contribution is 2.40. The molecule has 0 amide bonds. The van der Waals surface area contributed by atoms with Gasteiger partial charge in [-0.3, -0.25) is 4.79 Å². The van der Waals surface area contributed by atoms with Crippen LogP contribution in [0.15, 0.2) is 29.2 Å². The molecule has 0 saturated carbocycles. The van der Waals surface area contributed by atoms with Gasteiger partial charge in [0.25, 0.3) is 0 Å². The minimum atomic E-state index is -4.07. The number of cyclic esters (lactones) is 1. The number of rotatable bonds is 9. The second-order valence-electron chi connectivity index (χ2n) is 19.0. The van der Waals surface area contributed by atoms with E-state index in [2.05, 4.69) is 0 Å². The van der Waals surface area contributed by atoms with Crippen LogP contribution in [-0.4, -0.2) is 167 Å². The van der Waals surface area contributed by atoms with E-state index in [1.807, 2.05) is 18.7 Å². The summed E-state index contributed by atoms with van der Waals surface area (Å²) < 4.78 is 66.6. The maximum Gasteiger partial charge on any atom is 0.311 e. The van der Waals surface area contributed by atoms with Crippen molar-refractivity contribution < 1.29 is 67.2 Å². The molecular formula is C44H76N2O14S. The maximum atomic E-state index is 14.4. The Kier molecular flexibility index (Phi) is 17.1. The first-order chi connectivity index (χ1) is 28.1. The minimum absolute atomic E-state index is 0.0626. The van der Waals surface area contributed by atoms with Crippen molar-refractivity contribution in [3.05, 3.63) is 29.8 Å². The standard InChI is InChI=1S/C44H76N2O14S/c1-15-33-44(11,52)37(48)29(7)45(12)23-25(3)21-42(9,51)39(27(5)36(28(6)40(50)58-33)59-34-22-43(10,55-14)38(49)30(8)57-34)60-41-35(47)32(20-26(4)56-41)46(13)61(53,54)31-18-16-24(2)17-19-31/h16-19,25-30,32-39,41,47-49,51-52H,15,20-23H2,1-14H3/t25-,26-,27?,28-,29-,30+,32+,33-,34+,35-,36+,37-,38+,39-,41+,42-,43-,44-/m1/s1. The summed E-state index contributed by atoms with van der Waals surface area (Å²) in [4.78, 5) is 16.3. The topological polar surface area (TPSA) is 214 Å². The van der Waals surface area contributed by atoms with Gasteiger partial charge in [0.2, 0.25) is 10.0 Å². The Morgan fingerprint density at radius 3 is 2.11 bits per heavy atom. The predicted octanol–water partition coefficient (Wildman–Crippen LogP) is 2.97. The lowest BCUT2D eigenvalue weighted by Crippen LogP contribution is -2.61. The summed E-state index contributed by atoms with van der Waals surface area (Å²) in [6.45, 7) is 19.2. The van der Waals surface area contributed by atoms with E-state index in [4.69, 9.17) is 28.4 Å².